The van der Waals surface area contributed by atoms with Gasteiger partial charge < -0.3 is 10.2 Å². The summed E-state index contributed by atoms with van der Waals surface area (Å²) in [5, 5.41) is 21.4. The summed E-state index contributed by atoms with van der Waals surface area (Å²) < 4.78 is 0. The van der Waals surface area contributed by atoms with Gasteiger partial charge in [0.05, 0.1) is 5.92 Å². The number of thiophene rings is 1. The Bertz CT molecular complexity index is 345. The van der Waals surface area contributed by atoms with E-state index in [1.54, 1.807) is 11.3 Å². The van der Waals surface area contributed by atoms with Crippen LogP contribution in [-0.2, 0) is 16.0 Å². The van der Waals surface area contributed by atoms with E-state index in [1.165, 1.54) is 0 Å². The minimum absolute atomic E-state index is 0.0827. The molecule has 0 saturated heterocycles. The van der Waals surface area contributed by atoms with Crippen molar-refractivity contribution in [1.29, 1.82) is 0 Å². The van der Waals surface area contributed by atoms with Gasteiger partial charge in [0.1, 0.15) is 0 Å². The SMILES string of the molecule is O=C(O)CCC(CCc1ccsc1)C(=O)O. The Hall–Kier alpha value is -1.36. The Kier molecular flexibility index (Phi) is 4.98. The van der Waals surface area contributed by atoms with Crippen LogP contribution in [0.15, 0.2) is 16.8 Å². The van der Waals surface area contributed by atoms with Crippen molar-refractivity contribution in [1.82, 2.24) is 0 Å². The molecule has 0 saturated carbocycles. The van der Waals surface area contributed by atoms with E-state index >= 15 is 0 Å². The molecule has 1 unspecified atom stereocenters. The van der Waals surface area contributed by atoms with Crippen molar-refractivity contribution in [2.75, 3.05) is 0 Å². The van der Waals surface area contributed by atoms with Crippen LogP contribution in [0.5, 0.6) is 0 Å². The largest absolute Gasteiger partial charge is 0.481 e. The summed E-state index contributed by atoms with van der Waals surface area (Å²) >= 11 is 1.58. The molecular weight excluding hydrogens is 228 g/mol. The van der Waals surface area contributed by atoms with Crippen LogP contribution in [0, 0.1) is 5.92 Å². The van der Waals surface area contributed by atoms with Crippen molar-refractivity contribution < 1.29 is 19.8 Å². The number of carboxylic acids is 2. The van der Waals surface area contributed by atoms with Gasteiger partial charge in [-0.2, -0.15) is 11.3 Å². The van der Waals surface area contributed by atoms with Crippen molar-refractivity contribution in [2.45, 2.75) is 25.7 Å². The molecule has 16 heavy (non-hydrogen) atoms. The van der Waals surface area contributed by atoms with Crippen molar-refractivity contribution in [2.24, 2.45) is 5.92 Å². The Morgan fingerprint density at radius 2 is 2.06 bits per heavy atom. The van der Waals surface area contributed by atoms with Gasteiger partial charge in [-0.25, -0.2) is 0 Å². The van der Waals surface area contributed by atoms with E-state index in [0.29, 0.717) is 12.8 Å². The van der Waals surface area contributed by atoms with Gasteiger partial charge in [0.15, 0.2) is 0 Å². The van der Waals surface area contributed by atoms with Crippen molar-refractivity contribution in [3.63, 3.8) is 0 Å². The van der Waals surface area contributed by atoms with Gasteiger partial charge in [-0.15, -0.1) is 0 Å². The molecule has 1 aromatic rings. The molecule has 4 nitrogen and oxygen atoms in total. The van der Waals surface area contributed by atoms with Crippen LogP contribution in [0.3, 0.4) is 0 Å². The monoisotopic (exact) mass is 242 g/mol. The van der Waals surface area contributed by atoms with Gasteiger partial charge >= 0.3 is 11.9 Å². The highest BCUT2D eigenvalue weighted by molar-refractivity contribution is 7.07. The fraction of sp³-hybridized carbons (Fsp3) is 0.455. The van der Waals surface area contributed by atoms with E-state index in [4.69, 9.17) is 10.2 Å². The molecule has 1 heterocycles. The van der Waals surface area contributed by atoms with Gasteiger partial charge in [-0.1, -0.05) is 0 Å². The molecule has 0 spiro atoms. The number of aryl methyl sites for hydroxylation is 1. The maximum absolute atomic E-state index is 10.9. The second-order valence-electron chi connectivity index (χ2n) is 3.64. The molecular formula is C11H14O4S. The van der Waals surface area contributed by atoms with Gasteiger partial charge in [0.25, 0.3) is 0 Å². The van der Waals surface area contributed by atoms with E-state index in [-0.39, 0.29) is 12.8 Å². The van der Waals surface area contributed by atoms with Crippen molar-refractivity contribution in [3.8, 4) is 0 Å². The predicted octanol–water partition coefficient (Wildman–Crippen LogP) is 2.25. The number of rotatable bonds is 7. The molecule has 5 heteroatoms. The maximum atomic E-state index is 10.9. The highest BCUT2D eigenvalue weighted by Gasteiger charge is 2.18. The third kappa shape index (κ3) is 4.44. The van der Waals surface area contributed by atoms with Gasteiger partial charge in [-0.05, 0) is 41.7 Å². The lowest BCUT2D eigenvalue weighted by molar-refractivity contribution is -0.143. The number of carbonyl (C=O) groups is 2. The Morgan fingerprint density at radius 1 is 1.31 bits per heavy atom. The summed E-state index contributed by atoms with van der Waals surface area (Å²) in [4.78, 5) is 21.2. The Morgan fingerprint density at radius 3 is 2.56 bits per heavy atom. The van der Waals surface area contributed by atoms with Gasteiger partial charge in [0, 0.05) is 6.42 Å². The number of hydrogen-bond acceptors (Lipinski definition) is 3. The van der Waals surface area contributed by atoms with Crippen LogP contribution in [0.1, 0.15) is 24.8 Å². The topological polar surface area (TPSA) is 74.6 Å². The number of carboxylic acid groups (broad SMARTS) is 2. The predicted molar refractivity (Wildman–Crippen MR) is 60.6 cm³/mol. The summed E-state index contributed by atoms with van der Waals surface area (Å²) in [6, 6.07) is 1.96. The Labute approximate surface area is 97.5 Å². The fourth-order valence-corrected chi connectivity index (χ4v) is 2.17. The molecule has 1 atom stereocenters. The highest BCUT2D eigenvalue weighted by atomic mass is 32.1. The zero-order valence-electron chi connectivity index (χ0n) is 8.76. The zero-order chi connectivity index (χ0) is 12.0. The molecule has 88 valence electrons. The van der Waals surface area contributed by atoms with Gasteiger partial charge in [-0.3, -0.25) is 9.59 Å². The summed E-state index contributed by atoms with van der Waals surface area (Å²) in [7, 11) is 0. The third-order valence-corrected chi connectivity index (χ3v) is 3.15. The van der Waals surface area contributed by atoms with E-state index < -0.39 is 17.9 Å². The second-order valence-corrected chi connectivity index (χ2v) is 4.42. The van der Waals surface area contributed by atoms with E-state index in [0.717, 1.165) is 5.56 Å². The van der Waals surface area contributed by atoms with Crippen molar-refractivity contribution in [3.05, 3.63) is 22.4 Å². The maximum Gasteiger partial charge on any atom is 0.306 e. The Balaban J connectivity index is 2.39. The number of hydrogen-bond donors (Lipinski definition) is 2. The van der Waals surface area contributed by atoms with E-state index in [9.17, 15) is 9.59 Å². The molecule has 0 bridgehead atoms. The first kappa shape index (κ1) is 12.7. The molecule has 1 aromatic heterocycles. The summed E-state index contributed by atoms with van der Waals surface area (Å²) in [6.45, 7) is 0. The first-order valence-corrected chi connectivity index (χ1v) is 5.99. The average molecular weight is 242 g/mol. The van der Waals surface area contributed by atoms with E-state index in [1.807, 2.05) is 16.8 Å². The molecule has 0 radical (unpaired) electrons. The third-order valence-electron chi connectivity index (χ3n) is 2.42. The average Bonchev–Trinajstić information content (AvgIpc) is 2.69. The van der Waals surface area contributed by atoms with Crippen LogP contribution in [0.2, 0.25) is 0 Å². The molecule has 1 rings (SSSR count). The first-order chi connectivity index (χ1) is 7.59. The molecule has 0 aliphatic rings. The minimum atomic E-state index is -0.943. The summed E-state index contributed by atoms with van der Waals surface area (Å²) in [5.74, 6) is -2.41. The van der Waals surface area contributed by atoms with Crippen LogP contribution in [-0.4, -0.2) is 22.2 Å². The quantitative estimate of drug-likeness (QED) is 0.769. The molecule has 0 aliphatic carbocycles. The molecule has 0 amide bonds. The van der Waals surface area contributed by atoms with Crippen LogP contribution in [0.4, 0.5) is 0 Å². The lowest BCUT2D eigenvalue weighted by atomic mass is 9.96. The lowest BCUT2D eigenvalue weighted by Crippen LogP contribution is -2.16. The highest BCUT2D eigenvalue weighted by Crippen LogP contribution is 2.17. The van der Waals surface area contributed by atoms with Crippen LogP contribution >= 0.6 is 11.3 Å². The molecule has 2 N–H and O–H groups in total. The van der Waals surface area contributed by atoms with Crippen LogP contribution in [0.25, 0.3) is 0 Å². The first-order valence-electron chi connectivity index (χ1n) is 5.05. The molecule has 0 aliphatic heterocycles. The standard InChI is InChI=1S/C11H14O4S/c12-10(13)4-3-9(11(14)15)2-1-8-5-6-16-7-8/h5-7,9H,1-4H2,(H,12,13)(H,14,15). The summed E-state index contributed by atoms with van der Waals surface area (Å²) in [5.41, 5.74) is 1.12. The number of aliphatic carboxylic acids is 2. The lowest BCUT2D eigenvalue weighted by Gasteiger charge is -2.09. The molecule has 0 aromatic carbocycles. The van der Waals surface area contributed by atoms with E-state index in [2.05, 4.69) is 0 Å². The summed E-state index contributed by atoms with van der Waals surface area (Å²) in [6.07, 6.45) is 1.31. The molecule has 0 fully saturated rings. The zero-order valence-corrected chi connectivity index (χ0v) is 9.57. The second kappa shape index (κ2) is 6.27. The van der Waals surface area contributed by atoms with Crippen molar-refractivity contribution >= 4 is 23.3 Å². The fourth-order valence-electron chi connectivity index (χ4n) is 1.46. The van der Waals surface area contributed by atoms with Crippen LogP contribution < -0.4 is 0 Å². The smallest absolute Gasteiger partial charge is 0.306 e. The minimum Gasteiger partial charge on any atom is -0.481 e. The van der Waals surface area contributed by atoms with Gasteiger partial charge in [0.2, 0.25) is 0 Å². The normalized spacial score (nSPS) is 12.2.